The Hall–Kier alpha value is -3.03. The SMILES string of the molecule is CC(NC(=O)c1nccnc1C(=O)NCc1ccc(F)cc1)c1ccc(Cl)cc1Cl. The summed E-state index contributed by atoms with van der Waals surface area (Å²) in [6.07, 6.45) is 2.65. The van der Waals surface area contributed by atoms with Crippen molar-refractivity contribution < 1.29 is 14.0 Å². The van der Waals surface area contributed by atoms with Crippen molar-refractivity contribution in [3.8, 4) is 0 Å². The molecular weight excluding hydrogens is 430 g/mol. The van der Waals surface area contributed by atoms with Gasteiger partial charge in [0.1, 0.15) is 5.82 Å². The molecular formula is C21H17Cl2FN4O2. The van der Waals surface area contributed by atoms with Gasteiger partial charge < -0.3 is 10.6 Å². The third kappa shape index (κ3) is 5.31. The number of benzene rings is 2. The summed E-state index contributed by atoms with van der Waals surface area (Å²) < 4.78 is 13.0. The van der Waals surface area contributed by atoms with E-state index in [1.54, 1.807) is 37.3 Å². The van der Waals surface area contributed by atoms with Crippen molar-refractivity contribution in [2.75, 3.05) is 0 Å². The van der Waals surface area contributed by atoms with Crippen LogP contribution in [0.25, 0.3) is 0 Å². The van der Waals surface area contributed by atoms with Gasteiger partial charge in [-0.15, -0.1) is 0 Å². The second kappa shape index (κ2) is 9.65. The molecule has 1 atom stereocenters. The third-order valence-corrected chi connectivity index (χ3v) is 4.83. The molecule has 3 rings (SSSR count). The molecule has 2 aromatic carbocycles. The molecule has 0 aliphatic carbocycles. The molecule has 0 spiro atoms. The topological polar surface area (TPSA) is 84.0 Å². The molecule has 2 amide bonds. The lowest BCUT2D eigenvalue weighted by Crippen LogP contribution is -2.32. The summed E-state index contributed by atoms with van der Waals surface area (Å²) in [5.74, 6) is -1.52. The van der Waals surface area contributed by atoms with Crippen LogP contribution in [0.5, 0.6) is 0 Å². The van der Waals surface area contributed by atoms with Gasteiger partial charge in [0.25, 0.3) is 11.8 Å². The number of hydrogen-bond acceptors (Lipinski definition) is 4. The van der Waals surface area contributed by atoms with Gasteiger partial charge in [-0.05, 0) is 42.3 Å². The Bertz CT molecular complexity index is 1080. The van der Waals surface area contributed by atoms with Gasteiger partial charge in [0.2, 0.25) is 0 Å². The summed E-state index contributed by atoms with van der Waals surface area (Å²) in [5, 5.41) is 6.30. The quantitative estimate of drug-likeness (QED) is 0.589. The van der Waals surface area contributed by atoms with Crippen LogP contribution in [0.15, 0.2) is 54.9 Å². The monoisotopic (exact) mass is 446 g/mol. The fourth-order valence-corrected chi connectivity index (χ4v) is 3.31. The predicted octanol–water partition coefficient (Wildman–Crippen LogP) is 4.34. The highest BCUT2D eigenvalue weighted by atomic mass is 35.5. The molecule has 1 aromatic heterocycles. The summed E-state index contributed by atoms with van der Waals surface area (Å²) in [6.45, 7) is 1.89. The highest BCUT2D eigenvalue weighted by Gasteiger charge is 2.22. The van der Waals surface area contributed by atoms with Gasteiger partial charge in [0.15, 0.2) is 11.4 Å². The summed E-state index contributed by atoms with van der Waals surface area (Å²) in [4.78, 5) is 33.3. The number of nitrogens with zero attached hydrogens (tertiary/aromatic N) is 2. The summed E-state index contributed by atoms with van der Waals surface area (Å²) in [5.41, 5.74) is 1.13. The van der Waals surface area contributed by atoms with Gasteiger partial charge in [-0.25, -0.2) is 14.4 Å². The van der Waals surface area contributed by atoms with E-state index >= 15 is 0 Å². The lowest BCUT2D eigenvalue weighted by atomic mass is 10.1. The normalized spacial score (nSPS) is 11.6. The average Bonchev–Trinajstić information content (AvgIpc) is 2.73. The van der Waals surface area contributed by atoms with Crippen LogP contribution in [-0.2, 0) is 6.54 Å². The first kappa shape index (κ1) is 21.7. The summed E-state index contributed by atoms with van der Waals surface area (Å²) in [7, 11) is 0. The van der Waals surface area contributed by atoms with Crippen LogP contribution in [0.4, 0.5) is 4.39 Å². The zero-order chi connectivity index (χ0) is 21.7. The van der Waals surface area contributed by atoms with E-state index in [4.69, 9.17) is 23.2 Å². The number of hydrogen-bond donors (Lipinski definition) is 2. The Kier molecular flexibility index (Phi) is 6.97. The first-order chi connectivity index (χ1) is 14.3. The third-order valence-electron chi connectivity index (χ3n) is 4.27. The van der Waals surface area contributed by atoms with E-state index in [1.807, 2.05) is 0 Å². The van der Waals surface area contributed by atoms with E-state index in [0.717, 1.165) is 0 Å². The van der Waals surface area contributed by atoms with Crippen molar-refractivity contribution in [1.82, 2.24) is 20.6 Å². The maximum Gasteiger partial charge on any atom is 0.272 e. The van der Waals surface area contributed by atoms with Gasteiger partial charge in [0, 0.05) is 29.0 Å². The fourth-order valence-electron chi connectivity index (χ4n) is 2.73. The van der Waals surface area contributed by atoms with Gasteiger partial charge in [-0.2, -0.15) is 0 Å². The Balaban J connectivity index is 1.72. The van der Waals surface area contributed by atoms with E-state index in [1.165, 1.54) is 24.5 Å². The van der Waals surface area contributed by atoms with Crippen molar-refractivity contribution in [2.45, 2.75) is 19.5 Å². The van der Waals surface area contributed by atoms with Crippen molar-refractivity contribution in [3.05, 3.63) is 93.2 Å². The first-order valence-corrected chi connectivity index (χ1v) is 9.70. The predicted molar refractivity (Wildman–Crippen MR) is 112 cm³/mol. The van der Waals surface area contributed by atoms with E-state index in [2.05, 4.69) is 20.6 Å². The van der Waals surface area contributed by atoms with Gasteiger partial charge in [0.05, 0.1) is 6.04 Å². The molecule has 30 heavy (non-hydrogen) atoms. The van der Waals surface area contributed by atoms with E-state index in [9.17, 15) is 14.0 Å². The molecule has 3 aromatic rings. The van der Waals surface area contributed by atoms with Crippen molar-refractivity contribution in [1.29, 1.82) is 0 Å². The molecule has 1 heterocycles. The standard InChI is InChI=1S/C21H17Cl2FN4O2/c1-12(16-7-4-14(22)10-17(16)23)28-21(30)19-18(25-8-9-26-19)20(29)27-11-13-2-5-15(24)6-3-13/h2-10,12H,11H2,1H3,(H,27,29)(H,28,30). The van der Waals surface area contributed by atoms with Crippen LogP contribution in [0, 0.1) is 5.82 Å². The molecule has 0 aliphatic rings. The molecule has 0 radical (unpaired) electrons. The van der Waals surface area contributed by atoms with E-state index < -0.39 is 17.9 Å². The second-order valence-electron chi connectivity index (χ2n) is 6.42. The Labute approximate surface area is 182 Å². The van der Waals surface area contributed by atoms with Crippen molar-refractivity contribution >= 4 is 35.0 Å². The fraction of sp³-hybridized carbons (Fsp3) is 0.143. The van der Waals surface area contributed by atoms with Gasteiger partial charge in [-0.3, -0.25) is 9.59 Å². The van der Waals surface area contributed by atoms with Crippen LogP contribution in [0.2, 0.25) is 10.0 Å². The minimum Gasteiger partial charge on any atom is -0.347 e. The summed E-state index contributed by atoms with van der Waals surface area (Å²) >= 11 is 12.1. The van der Waals surface area contributed by atoms with Gasteiger partial charge in [-0.1, -0.05) is 41.4 Å². The number of aromatic nitrogens is 2. The molecule has 0 fully saturated rings. The molecule has 154 valence electrons. The second-order valence-corrected chi connectivity index (χ2v) is 7.27. The summed E-state index contributed by atoms with van der Waals surface area (Å²) in [6, 6.07) is 10.2. The van der Waals surface area contributed by atoms with Crippen LogP contribution in [0.3, 0.4) is 0 Å². The molecule has 6 nitrogen and oxygen atoms in total. The maximum absolute atomic E-state index is 13.0. The lowest BCUT2D eigenvalue weighted by molar-refractivity contribution is 0.0902. The molecule has 1 unspecified atom stereocenters. The van der Waals surface area contributed by atoms with Crippen LogP contribution in [-0.4, -0.2) is 21.8 Å². The zero-order valence-electron chi connectivity index (χ0n) is 15.8. The van der Waals surface area contributed by atoms with Crippen LogP contribution < -0.4 is 10.6 Å². The lowest BCUT2D eigenvalue weighted by Gasteiger charge is -2.16. The minimum absolute atomic E-state index is 0.119. The Morgan fingerprint density at radius 3 is 2.27 bits per heavy atom. The largest absolute Gasteiger partial charge is 0.347 e. The van der Waals surface area contributed by atoms with Crippen molar-refractivity contribution in [3.63, 3.8) is 0 Å². The van der Waals surface area contributed by atoms with E-state index in [-0.39, 0.29) is 23.7 Å². The van der Waals surface area contributed by atoms with Crippen LogP contribution >= 0.6 is 23.2 Å². The Morgan fingerprint density at radius 2 is 1.63 bits per heavy atom. The van der Waals surface area contributed by atoms with Crippen molar-refractivity contribution in [2.24, 2.45) is 0 Å². The number of carbonyl (C=O) groups is 2. The number of halogens is 3. The minimum atomic E-state index is -0.575. The van der Waals surface area contributed by atoms with Gasteiger partial charge >= 0.3 is 0 Å². The maximum atomic E-state index is 13.0. The Morgan fingerprint density at radius 1 is 1.00 bits per heavy atom. The molecule has 0 saturated carbocycles. The molecule has 2 N–H and O–H groups in total. The average molecular weight is 447 g/mol. The molecule has 0 saturated heterocycles. The zero-order valence-corrected chi connectivity index (χ0v) is 17.3. The molecule has 9 heteroatoms. The number of amides is 2. The highest BCUT2D eigenvalue weighted by Crippen LogP contribution is 2.26. The number of rotatable bonds is 6. The number of nitrogens with one attached hydrogen (secondary N) is 2. The smallest absolute Gasteiger partial charge is 0.272 e. The number of carbonyl (C=O) groups excluding carboxylic acids is 2. The van der Waals surface area contributed by atoms with Crippen LogP contribution in [0.1, 0.15) is 45.1 Å². The molecule has 0 bridgehead atoms. The molecule has 0 aliphatic heterocycles. The van der Waals surface area contributed by atoms with E-state index in [0.29, 0.717) is 21.2 Å². The highest BCUT2D eigenvalue weighted by molar-refractivity contribution is 6.35. The first-order valence-electron chi connectivity index (χ1n) is 8.94.